The van der Waals surface area contributed by atoms with Crippen molar-refractivity contribution in [2.24, 2.45) is 0 Å². The zero-order valence-corrected chi connectivity index (χ0v) is 6.39. The van der Waals surface area contributed by atoms with Gasteiger partial charge in [-0.15, -0.1) is 0 Å². The summed E-state index contributed by atoms with van der Waals surface area (Å²) in [5.74, 6) is 0. The second kappa shape index (κ2) is 39.6. The molecule has 0 aromatic heterocycles. The Labute approximate surface area is 39.1 Å². The molecular formula is H2BOPZn. The van der Waals surface area contributed by atoms with Gasteiger partial charge in [-0.25, -0.2) is 0 Å². The number of rotatable bonds is 0. The summed E-state index contributed by atoms with van der Waals surface area (Å²) in [7, 11) is 6.33. The summed E-state index contributed by atoms with van der Waals surface area (Å²) >= 11 is 0.125. The monoisotopic (exact) mass is 124 g/mol. The van der Waals surface area contributed by atoms with Gasteiger partial charge < -0.3 is 0 Å². The van der Waals surface area contributed by atoms with E-state index in [0.717, 1.165) is 0 Å². The predicted molar refractivity (Wildman–Crippen MR) is 16.2 cm³/mol. The van der Waals surface area contributed by atoms with Crippen LogP contribution in [0.25, 0.3) is 0 Å². The molecule has 0 aliphatic heterocycles. The first-order valence-electron chi connectivity index (χ1n) is 0.622. The van der Waals surface area contributed by atoms with Gasteiger partial charge in [0.15, 0.2) is 0 Å². The van der Waals surface area contributed by atoms with Crippen LogP contribution in [0.2, 0.25) is 0 Å². The fourth-order valence-corrected chi connectivity index (χ4v) is 0. The van der Waals surface area contributed by atoms with Gasteiger partial charge in [0.25, 0.3) is 0 Å². The number of hydrogen-bond acceptors (Lipinski definition) is 1. The molecule has 0 aromatic rings. The van der Waals surface area contributed by atoms with E-state index in [1.165, 1.54) is 0 Å². The standard InChI is InChI=1S/BH2P.O.Zn/c1-2;;/h2H2;;. The average Bonchev–Trinajstić information content (AvgIpc) is 1.50. The van der Waals surface area contributed by atoms with Crippen LogP contribution in [0, 0.1) is 0 Å². The van der Waals surface area contributed by atoms with Crippen molar-refractivity contribution in [1.29, 1.82) is 0 Å². The van der Waals surface area contributed by atoms with E-state index >= 15 is 0 Å². The van der Waals surface area contributed by atoms with E-state index in [1.54, 1.807) is 0 Å². The molecule has 0 aliphatic rings. The Morgan fingerprint density at radius 2 is 1.50 bits per heavy atom. The van der Waals surface area contributed by atoms with Crippen molar-refractivity contribution in [2.45, 2.75) is 0 Å². The predicted octanol–water partition coefficient (Wildman–Crippen LogP) is -0.176. The van der Waals surface area contributed by atoms with Gasteiger partial charge in [0, 0.05) is 0 Å². The van der Waals surface area contributed by atoms with Gasteiger partial charge in [-0.3, -0.25) is 0 Å². The molecule has 18 valence electrons. The van der Waals surface area contributed by atoms with Crippen LogP contribution >= 0.6 is 9.12 Å². The topological polar surface area (TPSA) is 17.1 Å². The van der Waals surface area contributed by atoms with Crippen LogP contribution < -0.4 is 0 Å². The van der Waals surface area contributed by atoms with Gasteiger partial charge in [-0.1, -0.05) is 0 Å². The fraction of sp³-hybridized carbons (Fsp3) is 0. The van der Waals surface area contributed by atoms with Crippen molar-refractivity contribution >= 4 is 16.7 Å². The molecule has 4 heteroatoms. The molecule has 1 atom stereocenters. The Morgan fingerprint density at radius 1 is 1.50 bits per heavy atom. The summed E-state index contributed by atoms with van der Waals surface area (Å²) in [6.45, 7) is 0. The Morgan fingerprint density at radius 3 is 1.50 bits per heavy atom. The molecule has 0 spiro atoms. The zero-order valence-electron chi connectivity index (χ0n) is 2.27. The van der Waals surface area contributed by atoms with Gasteiger partial charge in [0.2, 0.25) is 0 Å². The van der Waals surface area contributed by atoms with E-state index in [2.05, 4.69) is 7.57 Å². The number of hydrogen-bond donors (Lipinski definition) is 0. The van der Waals surface area contributed by atoms with E-state index in [0.29, 0.717) is 0 Å². The van der Waals surface area contributed by atoms with Crippen molar-refractivity contribution in [3.63, 3.8) is 0 Å². The van der Waals surface area contributed by atoms with E-state index in [9.17, 15) is 0 Å². The molecular weight excluding hydrogens is 123 g/mol. The summed E-state index contributed by atoms with van der Waals surface area (Å²) in [5.41, 5.74) is 0. The van der Waals surface area contributed by atoms with E-state index < -0.39 is 0 Å². The molecule has 0 rings (SSSR count). The molecule has 0 N–H and O–H groups in total. The first-order chi connectivity index (χ1) is 2.00. The molecule has 0 fully saturated rings. The quantitative estimate of drug-likeness (QED) is 0.324. The molecule has 2 radical (unpaired) electrons. The minimum absolute atomic E-state index is 0.125. The van der Waals surface area contributed by atoms with Crippen molar-refractivity contribution in [2.75, 3.05) is 0 Å². The summed E-state index contributed by atoms with van der Waals surface area (Å²) in [6, 6.07) is 0. The van der Waals surface area contributed by atoms with Gasteiger partial charge in [-0.2, -0.15) is 9.12 Å². The van der Waals surface area contributed by atoms with E-state index in [1.807, 2.05) is 9.12 Å². The van der Waals surface area contributed by atoms with Gasteiger partial charge in [0.05, 0.1) is 7.57 Å². The molecule has 0 aromatic carbocycles. The fourth-order valence-electron chi connectivity index (χ4n) is 0. The molecule has 1 nitrogen and oxygen atoms in total. The van der Waals surface area contributed by atoms with Crippen LogP contribution in [-0.2, 0) is 21.8 Å². The molecule has 0 saturated heterocycles. The van der Waals surface area contributed by atoms with Crippen molar-refractivity contribution < 1.29 is 21.8 Å². The first kappa shape index (κ1) is 8.87. The maximum atomic E-state index is 8.38. The van der Waals surface area contributed by atoms with Crippen LogP contribution in [0.4, 0.5) is 0 Å². The van der Waals surface area contributed by atoms with Crippen LogP contribution in [0.1, 0.15) is 0 Å². The molecule has 0 bridgehead atoms. The maximum absolute atomic E-state index is 8.38. The Balaban J connectivity index is 0. The Bertz CT molecular complexity index is 8.00. The van der Waals surface area contributed by atoms with Crippen molar-refractivity contribution in [3.8, 4) is 0 Å². The summed E-state index contributed by atoms with van der Waals surface area (Å²) in [6.07, 6.45) is 0. The normalized spacial score (nSPS) is 2.75. The van der Waals surface area contributed by atoms with Gasteiger partial charge >= 0.3 is 21.8 Å². The van der Waals surface area contributed by atoms with Gasteiger partial charge in [-0.05, 0) is 0 Å². The van der Waals surface area contributed by atoms with E-state index in [4.69, 9.17) is 3.57 Å². The van der Waals surface area contributed by atoms with Crippen LogP contribution in [0.15, 0.2) is 0 Å². The van der Waals surface area contributed by atoms with E-state index in [-0.39, 0.29) is 18.3 Å². The van der Waals surface area contributed by atoms with Crippen molar-refractivity contribution in [3.05, 3.63) is 0 Å². The molecule has 1 unspecified atom stereocenters. The summed E-state index contributed by atoms with van der Waals surface area (Å²) in [5, 5.41) is 0. The van der Waals surface area contributed by atoms with Crippen LogP contribution in [0.5, 0.6) is 0 Å². The summed E-state index contributed by atoms with van der Waals surface area (Å²) < 4.78 is 8.38. The van der Waals surface area contributed by atoms with Gasteiger partial charge in [0.1, 0.15) is 0 Å². The van der Waals surface area contributed by atoms with Crippen LogP contribution in [0.3, 0.4) is 0 Å². The second-order valence-corrected chi connectivity index (χ2v) is 0. The molecule has 0 saturated carbocycles. The summed E-state index contributed by atoms with van der Waals surface area (Å²) in [4.78, 5) is 0. The second-order valence-electron chi connectivity index (χ2n) is 0. The molecule has 4 heavy (non-hydrogen) atoms. The molecule has 0 aliphatic carbocycles. The third kappa shape index (κ3) is 12.7. The average molecular weight is 125 g/mol. The Kier molecular flexibility index (Phi) is 87.7. The first-order valence-corrected chi connectivity index (χ1v) is 2.50. The Hall–Kier alpha value is 0.918. The third-order valence-corrected chi connectivity index (χ3v) is 0. The van der Waals surface area contributed by atoms with Crippen LogP contribution in [-0.4, -0.2) is 7.57 Å². The van der Waals surface area contributed by atoms with Crippen molar-refractivity contribution in [1.82, 2.24) is 0 Å². The SMILES string of the molecule is [B]P.[O]=[Zn]. The zero-order chi connectivity index (χ0) is 4.00. The molecule has 0 heterocycles. The molecule has 0 amide bonds. The minimum atomic E-state index is 0.125. The third-order valence-electron chi connectivity index (χ3n) is 0.